The number of hydrogen-bond acceptors (Lipinski definition) is 4. The van der Waals surface area contributed by atoms with Gasteiger partial charge in [0.15, 0.2) is 11.6 Å². The number of anilines is 1. The number of likely N-dealkylation sites (tertiary alicyclic amines) is 1. The van der Waals surface area contributed by atoms with Crippen molar-refractivity contribution in [3.63, 3.8) is 0 Å². The fraction of sp³-hybridized carbons (Fsp3) is 0.250. The Bertz CT molecular complexity index is 987. The molecule has 5 heteroatoms. The highest BCUT2D eigenvalue weighted by Crippen LogP contribution is 2.28. The molecule has 0 bridgehead atoms. The summed E-state index contributed by atoms with van der Waals surface area (Å²) in [4.78, 5) is 18.9. The topological polar surface area (TPSA) is 68.5 Å². The molecule has 0 radical (unpaired) electrons. The van der Waals surface area contributed by atoms with Crippen molar-refractivity contribution in [2.24, 2.45) is 0 Å². The van der Waals surface area contributed by atoms with E-state index in [9.17, 15) is 4.79 Å². The number of nitrogen functional groups attached to an aromatic ring is 1. The Kier molecular flexibility index (Phi) is 5.47. The van der Waals surface area contributed by atoms with Crippen LogP contribution in [0.4, 0.5) is 5.82 Å². The van der Waals surface area contributed by atoms with Gasteiger partial charge in [0.1, 0.15) is 6.61 Å². The lowest BCUT2D eigenvalue weighted by Crippen LogP contribution is -2.33. The number of benzene rings is 2. The maximum absolute atomic E-state index is 12.7. The Morgan fingerprint density at radius 3 is 2.59 bits per heavy atom. The Morgan fingerprint density at radius 1 is 1.14 bits per heavy atom. The van der Waals surface area contributed by atoms with Crippen LogP contribution in [0.15, 0.2) is 66.9 Å². The highest BCUT2D eigenvalue weighted by atomic mass is 16.5. The fourth-order valence-electron chi connectivity index (χ4n) is 3.67. The summed E-state index contributed by atoms with van der Waals surface area (Å²) in [5, 5.41) is 0. The number of rotatable bonds is 5. The van der Waals surface area contributed by atoms with Gasteiger partial charge < -0.3 is 15.4 Å². The second-order valence-electron chi connectivity index (χ2n) is 7.45. The molecular formula is C24H25N3O2. The molecule has 2 N–H and O–H groups in total. The number of nitrogens with zero attached hydrogens (tertiary/aromatic N) is 2. The second kappa shape index (κ2) is 8.35. The third kappa shape index (κ3) is 4.24. The van der Waals surface area contributed by atoms with Gasteiger partial charge in [-0.25, -0.2) is 4.98 Å². The third-order valence-corrected chi connectivity index (χ3v) is 5.40. The van der Waals surface area contributed by atoms with E-state index in [4.69, 9.17) is 10.5 Å². The third-order valence-electron chi connectivity index (χ3n) is 5.40. The molecule has 4 rings (SSSR count). The maximum atomic E-state index is 12.7. The zero-order valence-electron chi connectivity index (χ0n) is 16.5. The van der Waals surface area contributed by atoms with Gasteiger partial charge in [-0.3, -0.25) is 4.79 Å². The Balaban J connectivity index is 1.50. The molecule has 29 heavy (non-hydrogen) atoms. The van der Waals surface area contributed by atoms with Crippen molar-refractivity contribution in [1.29, 1.82) is 0 Å². The van der Waals surface area contributed by atoms with Crippen LogP contribution in [0, 0.1) is 0 Å². The number of hydrogen-bond donors (Lipinski definition) is 1. The predicted octanol–water partition coefficient (Wildman–Crippen LogP) is 4.53. The molecule has 1 aliphatic heterocycles. The van der Waals surface area contributed by atoms with Gasteiger partial charge in [0, 0.05) is 29.9 Å². The first-order valence-corrected chi connectivity index (χ1v) is 9.95. The summed E-state index contributed by atoms with van der Waals surface area (Å²) in [5.41, 5.74) is 9.64. The first-order chi connectivity index (χ1) is 14.1. The van der Waals surface area contributed by atoms with E-state index in [2.05, 4.69) is 11.9 Å². The molecule has 1 unspecified atom stereocenters. The van der Waals surface area contributed by atoms with Crippen molar-refractivity contribution in [2.75, 3.05) is 12.3 Å². The van der Waals surface area contributed by atoms with Crippen molar-refractivity contribution < 1.29 is 9.53 Å². The average Bonchev–Trinajstić information content (AvgIpc) is 3.19. The van der Waals surface area contributed by atoms with Crippen LogP contribution in [0.25, 0.3) is 11.1 Å². The van der Waals surface area contributed by atoms with Crippen LogP contribution >= 0.6 is 0 Å². The Hall–Kier alpha value is -3.34. The summed E-state index contributed by atoms with van der Waals surface area (Å²) in [6, 6.07) is 19.8. The van der Waals surface area contributed by atoms with E-state index in [0.717, 1.165) is 36.1 Å². The average molecular weight is 387 g/mol. The normalized spacial score (nSPS) is 16.0. The quantitative estimate of drug-likeness (QED) is 0.698. The number of nitrogens with two attached hydrogens (primary N) is 1. The number of amides is 1. The Morgan fingerprint density at radius 2 is 1.90 bits per heavy atom. The SMILES string of the molecule is CC1CCCN1C(=O)c1ccc(-c2cnc(N)c(OCc3ccccc3)c2)cc1. The minimum Gasteiger partial charge on any atom is -0.485 e. The van der Waals surface area contributed by atoms with Crippen molar-refractivity contribution in [2.45, 2.75) is 32.4 Å². The molecule has 1 amide bonds. The lowest BCUT2D eigenvalue weighted by Gasteiger charge is -2.21. The van der Waals surface area contributed by atoms with Crippen molar-refractivity contribution in [3.05, 3.63) is 78.0 Å². The first-order valence-electron chi connectivity index (χ1n) is 9.95. The first kappa shape index (κ1) is 19.0. The van der Waals surface area contributed by atoms with Gasteiger partial charge in [0.05, 0.1) is 0 Å². The van der Waals surface area contributed by atoms with Crippen molar-refractivity contribution in [1.82, 2.24) is 9.88 Å². The zero-order valence-corrected chi connectivity index (χ0v) is 16.5. The van der Waals surface area contributed by atoms with Crippen LogP contribution in [0.1, 0.15) is 35.7 Å². The van der Waals surface area contributed by atoms with Gasteiger partial charge in [-0.05, 0) is 49.1 Å². The highest BCUT2D eigenvalue weighted by molar-refractivity contribution is 5.95. The summed E-state index contributed by atoms with van der Waals surface area (Å²) in [6.07, 6.45) is 3.88. The molecular weight excluding hydrogens is 362 g/mol. The minimum absolute atomic E-state index is 0.101. The largest absolute Gasteiger partial charge is 0.485 e. The lowest BCUT2D eigenvalue weighted by atomic mass is 10.0. The molecule has 2 aromatic carbocycles. The summed E-state index contributed by atoms with van der Waals surface area (Å²) in [7, 11) is 0. The summed E-state index contributed by atoms with van der Waals surface area (Å²) < 4.78 is 5.88. The van der Waals surface area contributed by atoms with E-state index in [0.29, 0.717) is 29.8 Å². The molecule has 0 spiro atoms. The molecule has 1 saturated heterocycles. The number of carbonyl (C=O) groups is 1. The highest BCUT2D eigenvalue weighted by Gasteiger charge is 2.25. The molecule has 1 aromatic heterocycles. The summed E-state index contributed by atoms with van der Waals surface area (Å²) >= 11 is 0. The van der Waals surface area contributed by atoms with E-state index in [1.165, 1.54) is 0 Å². The molecule has 3 aromatic rings. The van der Waals surface area contributed by atoms with E-state index >= 15 is 0 Å². The fourth-order valence-corrected chi connectivity index (χ4v) is 3.67. The molecule has 0 saturated carbocycles. The van der Waals surface area contributed by atoms with Gasteiger partial charge in [-0.15, -0.1) is 0 Å². The van der Waals surface area contributed by atoms with E-state index in [-0.39, 0.29) is 5.91 Å². The van der Waals surface area contributed by atoms with Crippen LogP contribution < -0.4 is 10.5 Å². The lowest BCUT2D eigenvalue weighted by molar-refractivity contribution is 0.0747. The smallest absolute Gasteiger partial charge is 0.254 e. The van der Waals surface area contributed by atoms with Crippen LogP contribution in [0.5, 0.6) is 5.75 Å². The number of ether oxygens (including phenoxy) is 1. The molecule has 148 valence electrons. The predicted molar refractivity (Wildman–Crippen MR) is 115 cm³/mol. The molecule has 1 atom stereocenters. The summed E-state index contributed by atoms with van der Waals surface area (Å²) in [6.45, 7) is 3.37. The van der Waals surface area contributed by atoms with E-state index in [1.807, 2.05) is 65.6 Å². The van der Waals surface area contributed by atoms with E-state index in [1.54, 1.807) is 6.20 Å². The molecule has 1 aliphatic rings. The van der Waals surface area contributed by atoms with Crippen LogP contribution in [0.3, 0.4) is 0 Å². The molecule has 0 aliphatic carbocycles. The molecule has 5 nitrogen and oxygen atoms in total. The Labute approximate surface area is 171 Å². The second-order valence-corrected chi connectivity index (χ2v) is 7.45. The van der Waals surface area contributed by atoms with Crippen LogP contribution in [0.2, 0.25) is 0 Å². The van der Waals surface area contributed by atoms with Gasteiger partial charge in [-0.2, -0.15) is 0 Å². The minimum atomic E-state index is 0.101. The van der Waals surface area contributed by atoms with Crippen molar-refractivity contribution >= 4 is 11.7 Å². The van der Waals surface area contributed by atoms with Gasteiger partial charge in [0.2, 0.25) is 0 Å². The van der Waals surface area contributed by atoms with Crippen molar-refractivity contribution in [3.8, 4) is 16.9 Å². The monoisotopic (exact) mass is 387 g/mol. The van der Waals surface area contributed by atoms with Gasteiger partial charge in [-0.1, -0.05) is 42.5 Å². The summed E-state index contributed by atoms with van der Waals surface area (Å²) in [5.74, 6) is 1.01. The number of aromatic nitrogens is 1. The maximum Gasteiger partial charge on any atom is 0.254 e. The standard InChI is InChI=1S/C24H25N3O2/c1-17-6-5-13-27(17)24(28)20-11-9-19(10-12-20)21-14-22(23(25)26-15-21)29-16-18-7-3-2-4-8-18/h2-4,7-12,14-15,17H,5-6,13,16H2,1H3,(H2,25,26). The number of pyridine rings is 1. The molecule has 2 heterocycles. The van der Waals surface area contributed by atoms with E-state index < -0.39 is 0 Å². The van der Waals surface area contributed by atoms with Gasteiger partial charge >= 0.3 is 0 Å². The zero-order chi connectivity index (χ0) is 20.2. The van der Waals surface area contributed by atoms with Crippen LogP contribution in [-0.4, -0.2) is 28.4 Å². The van der Waals surface area contributed by atoms with Crippen LogP contribution in [-0.2, 0) is 6.61 Å². The number of carbonyl (C=O) groups excluding carboxylic acids is 1. The van der Waals surface area contributed by atoms with Gasteiger partial charge in [0.25, 0.3) is 5.91 Å². The molecule has 1 fully saturated rings.